The summed E-state index contributed by atoms with van der Waals surface area (Å²) in [6.45, 7) is 1.62. The summed E-state index contributed by atoms with van der Waals surface area (Å²) in [5.41, 5.74) is -0.0913. The molecule has 9 heteroatoms. The van der Waals surface area contributed by atoms with Crippen molar-refractivity contribution in [2.24, 2.45) is 0 Å². The van der Waals surface area contributed by atoms with Gasteiger partial charge in [-0.15, -0.1) is 0 Å². The fourth-order valence-corrected chi connectivity index (χ4v) is 2.60. The molecule has 0 bridgehead atoms. The summed E-state index contributed by atoms with van der Waals surface area (Å²) in [5.74, 6) is -2.71. The van der Waals surface area contributed by atoms with E-state index in [4.69, 9.17) is 0 Å². The summed E-state index contributed by atoms with van der Waals surface area (Å²) in [6.07, 6.45) is 0. The van der Waals surface area contributed by atoms with E-state index in [1.807, 2.05) is 0 Å². The van der Waals surface area contributed by atoms with Crippen LogP contribution in [0.4, 0.5) is 23.7 Å². The van der Waals surface area contributed by atoms with Gasteiger partial charge in [0.25, 0.3) is 5.56 Å². The average molecular weight is 376 g/mol. The minimum absolute atomic E-state index is 0.0712. The number of nitrogens with zero attached hydrogens (tertiary/aromatic N) is 2. The molecule has 1 atom stereocenters. The van der Waals surface area contributed by atoms with Crippen LogP contribution in [0.15, 0.2) is 41.2 Å². The second-order valence-electron chi connectivity index (χ2n) is 5.97. The maximum absolute atomic E-state index is 13.7. The zero-order chi connectivity index (χ0) is 19.7. The summed E-state index contributed by atoms with van der Waals surface area (Å²) >= 11 is 0. The standard InChI is InChI=1S/C18H15F3N4O2/c1-9(25(2)18(27)22-11-5-3-10(19)4-6-11)16-12-7-14(20)15(21)8-13(12)17(26)24-23-16/h3-9H,1-2H3,(H,22,27)(H,24,26)/t9-/m1/s1. The number of carbonyl (C=O) groups excluding carboxylic acids is 1. The monoisotopic (exact) mass is 376 g/mol. The summed E-state index contributed by atoms with van der Waals surface area (Å²) in [5, 5.41) is 8.75. The number of benzene rings is 2. The second-order valence-corrected chi connectivity index (χ2v) is 5.97. The summed E-state index contributed by atoms with van der Waals surface area (Å²) in [6, 6.07) is 5.66. The number of aromatic amines is 1. The molecule has 1 aromatic heterocycles. The first kappa shape index (κ1) is 18.4. The number of rotatable bonds is 3. The fraction of sp³-hybridized carbons (Fsp3) is 0.167. The highest BCUT2D eigenvalue weighted by atomic mass is 19.2. The first-order valence-electron chi connectivity index (χ1n) is 7.94. The van der Waals surface area contributed by atoms with Gasteiger partial charge in [0.05, 0.1) is 17.1 Å². The molecule has 0 aliphatic rings. The largest absolute Gasteiger partial charge is 0.322 e. The van der Waals surface area contributed by atoms with E-state index in [0.717, 1.165) is 12.1 Å². The quantitative estimate of drug-likeness (QED) is 0.734. The van der Waals surface area contributed by atoms with E-state index in [1.54, 1.807) is 6.92 Å². The van der Waals surface area contributed by atoms with Crippen LogP contribution in [0.25, 0.3) is 10.8 Å². The van der Waals surface area contributed by atoms with Gasteiger partial charge in [-0.25, -0.2) is 23.1 Å². The first-order valence-corrected chi connectivity index (χ1v) is 7.94. The minimum Gasteiger partial charge on any atom is -0.319 e. The third-order valence-corrected chi connectivity index (χ3v) is 4.25. The highest BCUT2D eigenvalue weighted by Crippen LogP contribution is 2.25. The number of amides is 2. The minimum atomic E-state index is -1.15. The molecule has 140 valence electrons. The van der Waals surface area contributed by atoms with Crippen molar-refractivity contribution in [2.75, 3.05) is 12.4 Å². The molecule has 2 N–H and O–H groups in total. The van der Waals surface area contributed by atoms with Gasteiger partial charge in [-0.2, -0.15) is 5.10 Å². The SMILES string of the molecule is C[C@H](c1n[nH]c(=O)c2cc(F)c(F)cc12)N(C)C(=O)Nc1ccc(F)cc1. The molecule has 0 saturated heterocycles. The first-order chi connectivity index (χ1) is 12.8. The van der Waals surface area contributed by atoms with Crippen LogP contribution in [0.5, 0.6) is 0 Å². The lowest BCUT2D eigenvalue weighted by molar-refractivity contribution is 0.207. The van der Waals surface area contributed by atoms with Crippen molar-refractivity contribution in [1.29, 1.82) is 0 Å². The molecule has 0 radical (unpaired) electrons. The van der Waals surface area contributed by atoms with Crippen LogP contribution >= 0.6 is 0 Å². The van der Waals surface area contributed by atoms with Crippen molar-refractivity contribution in [3.8, 4) is 0 Å². The Balaban J connectivity index is 1.92. The maximum atomic E-state index is 13.7. The van der Waals surface area contributed by atoms with Gasteiger partial charge in [-0.05, 0) is 43.3 Å². The predicted octanol–water partition coefficient (Wildman–Crippen LogP) is 3.57. The van der Waals surface area contributed by atoms with Crippen LogP contribution in [0, 0.1) is 17.5 Å². The van der Waals surface area contributed by atoms with Crippen LogP contribution in [-0.4, -0.2) is 28.2 Å². The molecular weight excluding hydrogens is 361 g/mol. The third-order valence-electron chi connectivity index (χ3n) is 4.25. The second kappa shape index (κ2) is 7.10. The predicted molar refractivity (Wildman–Crippen MR) is 93.9 cm³/mol. The smallest absolute Gasteiger partial charge is 0.319 e. The van der Waals surface area contributed by atoms with Gasteiger partial charge in [0, 0.05) is 18.1 Å². The van der Waals surface area contributed by atoms with Gasteiger partial charge in [0.1, 0.15) is 5.82 Å². The van der Waals surface area contributed by atoms with Crippen LogP contribution in [0.3, 0.4) is 0 Å². The number of hydrogen-bond donors (Lipinski definition) is 2. The number of hydrogen-bond acceptors (Lipinski definition) is 3. The number of fused-ring (bicyclic) bond motifs is 1. The molecule has 0 spiro atoms. The van der Waals surface area contributed by atoms with Gasteiger partial charge in [0.15, 0.2) is 11.6 Å². The molecule has 0 aliphatic carbocycles. The molecule has 2 amide bonds. The van der Waals surface area contributed by atoms with E-state index < -0.39 is 35.1 Å². The van der Waals surface area contributed by atoms with E-state index in [0.29, 0.717) is 5.69 Å². The Hall–Kier alpha value is -3.36. The van der Waals surface area contributed by atoms with Gasteiger partial charge in [-0.1, -0.05) is 0 Å². The molecular formula is C18H15F3N4O2. The number of urea groups is 1. The molecule has 6 nitrogen and oxygen atoms in total. The number of H-pyrrole nitrogens is 1. The number of nitrogens with one attached hydrogen (secondary N) is 2. The van der Waals surface area contributed by atoms with Crippen molar-refractivity contribution in [1.82, 2.24) is 15.1 Å². The number of aromatic nitrogens is 2. The van der Waals surface area contributed by atoms with Crippen molar-refractivity contribution < 1.29 is 18.0 Å². The van der Waals surface area contributed by atoms with Crippen LogP contribution in [0.1, 0.15) is 18.7 Å². The topological polar surface area (TPSA) is 78.1 Å². The van der Waals surface area contributed by atoms with Crippen molar-refractivity contribution >= 4 is 22.5 Å². The van der Waals surface area contributed by atoms with E-state index in [-0.39, 0.29) is 16.5 Å². The van der Waals surface area contributed by atoms with Crippen LogP contribution < -0.4 is 10.9 Å². The summed E-state index contributed by atoms with van der Waals surface area (Å²) in [7, 11) is 1.47. The van der Waals surface area contributed by atoms with E-state index in [9.17, 15) is 22.8 Å². The summed E-state index contributed by atoms with van der Waals surface area (Å²) in [4.78, 5) is 25.6. The van der Waals surface area contributed by atoms with Gasteiger partial charge >= 0.3 is 6.03 Å². The van der Waals surface area contributed by atoms with E-state index in [2.05, 4.69) is 15.5 Å². The lowest BCUT2D eigenvalue weighted by atomic mass is 10.1. The Bertz CT molecular complexity index is 1070. The van der Waals surface area contributed by atoms with E-state index >= 15 is 0 Å². The van der Waals surface area contributed by atoms with Gasteiger partial charge in [0.2, 0.25) is 0 Å². The average Bonchev–Trinajstić information content (AvgIpc) is 2.64. The lowest BCUT2D eigenvalue weighted by Gasteiger charge is -2.25. The van der Waals surface area contributed by atoms with Crippen LogP contribution in [-0.2, 0) is 0 Å². The molecule has 0 saturated carbocycles. The number of halogens is 3. The van der Waals surface area contributed by atoms with Crippen molar-refractivity contribution in [2.45, 2.75) is 13.0 Å². The Morgan fingerprint density at radius 3 is 2.33 bits per heavy atom. The lowest BCUT2D eigenvalue weighted by Crippen LogP contribution is -2.34. The van der Waals surface area contributed by atoms with Gasteiger partial charge < -0.3 is 10.2 Å². The van der Waals surface area contributed by atoms with E-state index in [1.165, 1.54) is 36.2 Å². The fourth-order valence-electron chi connectivity index (χ4n) is 2.60. The zero-order valence-electron chi connectivity index (χ0n) is 14.4. The molecule has 3 rings (SSSR count). The normalized spacial score (nSPS) is 12.0. The molecule has 0 fully saturated rings. The highest BCUT2D eigenvalue weighted by molar-refractivity contribution is 5.90. The van der Waals surface area contributed by atoms with Gasteiger partial charge in [-0.3, -0.25) is 4.79 Å². The Labute approximate surface area is 151 Å². The number of carbonyl (C=O) groups is 1. The molecule has 2 aromatic carbocycles. The third kappa shape index (κ3) is 3.62. The maximum Gasteiger partial charge on any atom is 0.322 e. The zero-order valence-corrected chi connectivity index (χ0v) is 14.4. The highest BCUT2D eigenvalue weighted by Gasteiger charge is 2.23. The summed E-state index contributed by atoms with van der Waals surface area (Å²) < 4.78 is 40.1. The molecule has 1 heterocycles. The van der Waals surface area contributed by atoms with Crippen molar-refractivity contribution in [3.05, 3.63) is 69.9 Å². The Morgan fingerprint density at radius 2 is 1.70 bits per heavy atom. The van der Waals surface area contributed by atoms with Crippen LogP contribution in [0.2, 0.25) is 0 Å². The molecule has 0 unspecified atom stereocenters. The Kier molecular flexibility index (Phi) is 4.85. The molecule has 27 heavy (non-hydrogen) atoms. The Morgan fingerprint density at radius 1 is 1.11 bits per heavy atom. The number of anilines is 1. The van der Waals surface area contributed by atoms with Crippen molar-refractivity contribution in [3.63, 3.8) is 0 Å². The molecule has 0 aliphatic heterocycles. The molecule has 3 aromatic rings.